The third kappa shape index (κ3) is 5.31. The second-order valence-electron chi connectivity index (χ2n) is 7.66. The summed E-state index contributed by atoms with van der Waals surface area (Å²) in [4.78, 5) is 36.9. The highest BCUT2D eigenvalue weighted by Gasteiger charge is 2.12. The smallest absolute Gasteiger partial charge is 0.335 e. The molecule has 0 unspecified atom stereocenters. The first-order chi connectivity index (χ1) is 16.3. The summed E-state index contributed by atoms with van der Waals surface area (Å²) in [7, 11) is 0. The number of ether oxygens (including phenoxy) is 1. The molecule has 0 spiro atoms. The van der Waals surface area contributed by atoms with Gasteiger partial charge in [0.1, 0.15) is 12.2 Å². The minimum absolute atomic E-state index is 0.0457. The van der Waals surface area contributed by atoms with E-state index in [4.69, 9.17) is 16.3 Å². The Hall–Kier alpha value is -3.99. The number of rotatable bonds is 7. The van der Waals surface area contributed by atoms with E-state index in [1.807, 2.05) is 0 Å². The molecule has 0 aliphatic carbocycles. The number of H-pyrrole nitrogens is 2. The first kappa shape index (κ1) is 23.2. The molecule has 12 heteroatoms. The van der Waals surface area contributed by atoms with Crippen LogP contribution >= 0.6 is 11.6 Å². The number of aromatic nitrogens is 6. The quantitative estimate of drug-likeness (QED) is 0.416. The second-order valence-corrected chi connectivity index (χ2v) is 8.10. The van der Waals surface area contributed by atoms with E-state index in [1.165, 1.54) is 29.1 Å². The summed E-state index contributed by atoms with van der Waals surface area (Å²) in [5, 5.41) is 6.90. The Morgan fingerprint density at radius 2 is 1.88 bits per heavy atom. The van der Waals surface area contributed by atoms with Crippen molar-refractivity contribution in [3.05, 3.63) is 97.6 Å². The van der Waals surface area contributed by atoms with Gasteiger partial charge in [0.25, 0.3) is 0 Å². The van der Waals surface area contributed by atoms with Crippen molar-refractivity contribution in [2.75, 3.05) is 0 Å². The van der Waals surface area contributed by atoms with Crippen LogP contribution in [0.25, 0.3) is 0 Å². The van der Waals surface area contributed by atoms with Crippen molar-refractivity contribution in [3.8, 4) is 5.75 Å². The van der Waals surface area contributed by atoms with Gasteiger partial charge in [-0.1, -0.05) is 23.7 Å². The molecule has 0 saturated heterocycles. The van der Waals surface area contributed by atoms with Gasteiger partial charge in [-0.05, 0) is 43.7 Å². The molecule has 2 heterocycles. The highest BCUT2D eigenvalue weighted by atomic mass is 35.5. The van der Waals surface area contributed by atoms with Gasteiger partial charge in [0.05, 0.1) is 24.9 Å². The van der Waals surface area contributed by atoms with E-state index in [9.17, 15) is 14.0 Å². The number of benzene rings is 2. The molecule has 0 radical (unpaired) electrons. The van der Waals surface area contributed by atoms with Gasteiger partial charge in [0.15, 0.2) is 11.6 Å². The molecular formula is C22H21ClFN7O3. The largest absolute Gasteiger partial charge is 0.488 e. The molecule has 0 saturated carbocycles. The summed E-state index contributed by atoms with van der Waals surface area (Å²) in [5.41, 5.74) is -0.438. The van der Waals surface area contributed by atoms with Crippen LogP contribution in [0, 0.1) is 5.82 Å². The number of halogens is 2. The van der Waals surface area contributed by atoms with Gasteiger partial charge in [-0.2, -0.15) is 5.10 Å². The zero-order valence-electron chi connectivity index (χ0n) is 18.3. The highest BCUT2D eigenvalue weighted by Crippen LogP contribution is 2.23. The number of aromatic amines is 2. The molecule has 0 amide bonds. The van der Waals surface area contributed by atoms with Crippen LogP contribution in [0.15, 0.2) is 63.4 Å². The molecular weight excluding hydrogens is 465 g/mol. The fourth-order valence-electron chi connectivity index (χ4n) is 3.18. The van der Waals surface area contributed by atoms with E-state index in [0.717, 1.165) is 10.1 Å². The van der Waals surface area contributed by atoms with Crippen LogP contribution in [0.3, 0.4) is 0 Å². The summed E-state index contributed by atoms with van der Waals surface area (Å²) in [6.07, 6.45) is 1.08. The molecule has 0 aliphatic rings. The minimum Gasteiger partial charge on any atom is -0.488 e. The lowest BCUT2D eigenvalue weighted by Gasteiger charge is -2.12. The van der Waals surface area contributed by atoms with E-state index in [2.05, 4.69) is 25.2 Å². The topological polar surface area (TPSA) is 123 Å². The Labute approximate surface area is 197 Å². The van der Waals surface area contributed by atoms with E-state index >= 15 is 0 Å². The van der Waals surface area contributed by atoms with Gasteiger partial charge in [-0.3, -0.25) is 14.6 Å². The van der Waals surface area contributed by atoms with Crippen molar-refractivity contribution in [2.24, 2.45) is 4.99 Å². The maximum atomic E-state index is 14.5. The van der Waals surface area contributed by atoms with Gasteiger partial charge in [0.2, 0.25) is 5.62 Å². The van der Waals surface area contributed by atoms with Gasteiger partial charge in [-0.25, -0.2) is 28.5 Å². The molecule has 176 valence electrons. The van der Waals surface area contributed by atoms with E-state index in [0.29, 0.717) is 10.8 Å². The van der Waals surface area contributed by atoms with Crippen LogP contribution < -0.4 is 21.7 Å². The van der Waals surface area contributed by atoms with E-state index < -0.39 is 17.2 Å². The van der Waals surface area contributed by atoms with Crippen LogP contribution in [0.1, 0.15) is 25.2 Å². The second kappa shape index (κ2) is 9.87. The summed E-state index contributed by atoms with van der Waals surface area (Å²) in [6, 6.07) is 11.0. The Kier molecular flexibility index (Phi) is 6.73. The normalized spacial score (nSPS) is 11.9. The van der Waals surface area contributed by atoms with Crippen LogP contribution in [0.2, 0.25) is 5.02 Å². The van der Waals surface area contributed by atoms with Crippen LogP contribution in [0.4, 0.5) is 10.1 Å². The van der Waals surface area contributed by atoms with E-state index in [-0.39, 0.29) is 36.2 Å². The maximum absolute atomic E-state index is 14.5. The summed E-state index contributed by atoms with van der Waals surface area (Å²) in [6.45, 7) is 3.54. The predicted octanol–water partition coefficient (Wildman–Crippen LogP) is 2.36. The molecule has 0 fully saturated rings. The lowest BCUT2D eigenvalue weighted by Crippen LogP contribution is -2.50. The zero-order chi connectivity index (χ0) is 24.2. The van der Waals surface area contributed by atoms with Gasteiger partial charge < -0.3 is 4.74 Å². The molecule has 34 heavy (non-hydrogen) atoms. The van der Waals surface area contributed by atoms with Crippen LogP contribution in [0.5, 0.6) is 5.75 Å². The Morgan fingerprint density at radius 1 is 1.12 bits per heavy atom. The average molecular weight is 486 g/mol. The third-order valence-electron chi connectivity index (χ3n) is 4.72. The van der Waals surface area contributed by atoms with E-state index in [1.54, 1.807) is 38.1 Å². The fraction of sp³-hybridized carbons (Fsp3) is 0.227. The molecule has 0 atom stereocenters. The van der Waals surface area contributed by atoms with Crippen LogP contribution in [-0.4, -0.2) is 35.4 Å². The first-order valence-corrected chi connectivity index (χ1v) is 10.7. The number of hydrogen-bond donors (Lipinski definition) is 2. The average Bonchev–Trinajstić information content (AvgIpc) is 3.30. The van der Waals surface area contributed by atoms with Crippen molar-refractivity contribution < 1.29 is 9.13 Å². The predicted molar refractivity (Wildman–Crippen MR) is 123 cm³/mol. The Morgan fingerprint density at radius 3 is 2.53 bits per heavy atom. The fourth-order valence-corrected chi connectivity index (χ4v) is 3.31. The lowest BCUT2D eigenvalue weighted by atomic mass is 10.2. The van der Waals surface area contributed by atoms with Crippen molar-refractivity contribution >= 4 is 17.3 Å². The zero-order valence-corrected chi connectivity index (χ0v) is 19.1. The first-order valence-electron chi connectivity index (χ1n) is 10.3. The van der Waals surface area contributed by atoms with Gasteiger partial charge in [-0.15, -0.1) is 0 Å². The van der Waals surface area contributed by atoms with Crippen molar-refractivity contribution in [1.82, 2.24) is 29.3 Å². The highest BCUT2D eigenvalue weighted by molar-refractivity contribution is 6.30. The van der Waals surface area contributed by atoms with Crippen LogP contribution in [-0.2, 0) is 13.1 Å². The van der Waals surface area contributed by atoms with Crippen molar-refractivity contribution in [1.29, 1.82) is 0 Å². The number of hydrogen-bond acceptors (Lipinski definition) is 6. The maximum Gasteiger partial charge on any atom is 0.335 e. The molecule has 2 aromatic carbocycles. The Bertz CT molecular complexity index is 1470. The molecule has 4 rings (SSSR count). The SMILES string of the molecule is CC(C)Oc1ccc(/N=c2\[nH]c(=O)n(Cc3ncn[nH]3)c(=O)n2Cc2ccc(Cl)cc2)cc1F. The molecule has 0 bridgehead atoms. The molecule has 2 aromatic heterocycles. The standard InChI is InChI=1S/C22H21ClFN7O3/c1-13(2)34-18-8-7-16(9-17(18)24)27-20-28-21(32)31(11-19-25-12-26-29-19)22(33)30(20)10-14-3-5-15(23)6-4-14/h3-9,12-13H,10-11H2,1-2H3,(H,25,26,29)(H,27,28,32). The third-order valence-corrected chi connectivity index (χ3v) is 4.97. The number of nitrogens with one attached hydrogen (secondary N) is 2. The molecule has 2 N–H and O–H groups in total. The number of nitrogens with zero attached hydrogens (tertiary/aromatic N) is 5. The monoisotopic (exact) mass is 485 g/mol. The van der Waals surface area contributed by atoms with Crippen molar-refractivity contribution in [2.45, 2.75) is 33.0 Å². The van der Waals surface area contributed by atoms with Gasteiger partial charge >= 0.3 is 11.4 Å². The lowest BCUT2D eigenvalue weighted by molar-refractivity contribution is 0.231. The molecule has 4 aromatic rings. The molecule has 10 nitrogen and oxygen atoms in total. The minimum atomic E-state index is -0.701. The van der Waals surface area contributed by atoms with Crippen molar-refractivity contribution in [3.63, 3.8) is 0 Å². The summed E-state index contributed by atoms with van der Waals surface area (Å²) < 4.78 is 22.1. The Balaban J connectivity index is 1.83. The van der Waals surface area contributed by atoms with Gasteiger partial charge in [0, 0.05) is 11.1 Å². The molecule has 0 aliphatic heterocycles. The summed E-state index contributed by atoms with van der Waals surface area (Å²) >= 11 is 5.97. The summed E-state index contributed by atoms with van der Waals surface area (Å²) in [5.74, 6) is -0.197.